The second-order valence-corrected chi connectivity index (χ2v) is 5.91. The molecule has 0 aliphatic rings. The first kappa shape index (κ1) is 18.4. The number of carbonyl (C=O) groups is 2. The normalized spacial score (nSPS) is 10.3. The van der Waals surface area contributed by atoms with Gasteiger partial charge in [0, 0.05) is 19.8 Å². The predicted molar refractivity (Wildman–Crippen MR) is 99.5 cm³/mol. The van der Waals surface area contributed by atoms with E-state index in [1.54, 1.807) is 48.3 Å². The van der Waals surface area contributed by atoms with Crippen molar-refractivity contribution in [3.05, 3.63) is 53.9 Å². The van der Waals surface area contributed by atoms with E-state index in [1.807, 2.05) is 0 Å². The number of hydrogen-bond acceptors (Lipinski definition) is 4. The topological polar surface area (TPSA) is 88.3 Å². The minimum atomic E-state index is -0.367. The highest BCUT2D eigenvalue weighted by atomic mass is 16.2. The zero-order chi connectivity index (χ0) is 18.2. The lowest BCUT2D eigenvalue weighted by molar-refractivity contribution is 0.0791. The van der Waals surface area contributed by atoms with E-state index in [0.29, 0.717) is 23.5 Å². The van der Waals surface area contributed by atoms with Gasteiger partial charge in [0.05, 0.1) is 16.9 Å². The lowest BCUT2D eigenvalue weighted by atomic mass is 10.2. The zero-order valence-corrected chi connectivity index (χ0v) is 14.7. The van der Waals surface area contributed by atoms with Crippen LogP contribution in [0.4, 0.5) is 11.4 Å². The highest BCUT2D eigenvalue weighted by Gasteiger charge is 2.14. The summed E-state index contributed by atoms with van der Waals surface area (Å²) >= 11 is 0. The van der Waals surface area contributed by atoms with Crippen LogP contribution < -0.4 is 11.1 Å². The molecule has 0 spiro atoms. The van der Waals surface area contributed by atoms with E-state index in [-0.39, 0.29) is 17.5 Å². The number of benzene rings is 1. The Hall–Kier alpha value is -2.89. The van der Waals surface area contributed by atoms with Crippen LogP contribution in [0.3, 0.4) is 0 Å². The first-order chi connectivity index (χ1) is 12.0. The Labute approximate surface area is 148 Å². The molecule has 1 aromatic carbocycles. The molecule has 0 radical (unpaired) electrons. The van der Waals surface area contributed by atoms with Crippen LogP contribution in [0.1, 0.15) is 47.0 Å². The number of pyridine rings is 1. The average Bonchev–Trinajstić information content (AvgIpc) is 2.63. The highest BCUT2D eigenvalue weighted by molar-refractivity contribution is 6.04. The summed E-state index contributed by atoms with van der Waals surface area (Å²) in [6, 6.07) is 10.2. The molecule has 6 nitrogen and oxygen atoms in total. The first-order valence-corrected chi connectivity index (χ1v) is 8.40. The van der Waals surface area contributed by atoms with E-state index < -0.39 is 0 Å². The molecule has 0 saturated heterocycles. The molecule has 3 N–H and O–H groups in total. The number of nitrogens with two attached hydrogens (primary N) is 1. The SMILES string of the molecule is CCCCCN(C)C(=O)c1ccc(C(=O)Nc2ccccc2N)nc1. The molecule has 0 atom stereocenters. The van der Waals surface area contributed by atoms with Gasteiger partial charge in [0.25, 0.3) is 11.8 Å². The number of aromatic nitrogens is 1. The summed E-state index contributed by atoms with van der Waals surface area (Å²) in [5.41, 5.74) is 7.52. The number of unbranched alkanes of at least 4 members (excludes halogenated alkanes) is 2. The van der Waals surface area contributed by atoms with Gasteiger partial charge in [-0.15, -0.1) is 0 Å². The number of nitrogen functional groups attached to an aromatic ring is 1. The number of amides is 2. The third-order valence-electron chi connectivity index (χ3n) is 3.90. The van der Waals surface area contributed by atoms with Gasteiger partial charge in [-0.1, -0.05) is 31.9 Å². The summed E-state index contributed by atoms with van der Waals surface area (Å²) < 4.78 is 0. The van der Waals surface area contributed by atoms with Crippen LogP contribution in [0.2, 0.25) is 0 Å². The molecular formula is C19H24N4O2. The third-order valence-corrected chi connectivity index (χ3v) is 3.90. The third kappa shape index (κ3) is 5.04. The monoisotopic (exact) mass is 340 g/mol. The van der Waals surface area contributed by atoms with Crippen LogP contribution >= 0.6 is 0 Å². The molecule has 6 heteroatoms. The van der Waals surface area contributed by atoms with E-state index in [2.05, 4.69) is 17.2 Å². The number of rotatable bonds is 7. The molecule has 0 aliphatic carbocycles. The van der Waals surface area contributed by atoms with E-state index >= 15 is 0 Å². The van der Waals surface area contributed by atoms with Crippen LogP contribution in [0.5, 0.6) is 0 Å². The number of anilines is 2. The molecule has 132 valence electrons. The van der Waals surface area contributed by atoms with E-state index in [0.717, 1.165) is 19.3 Å². The van der Waals surface area contributed by atoms with Crippen molar-refractivity contribution in [2.75, 3.05) is 24.6 Å². The van der Waals surface area contributed by atoms with Gasteiger partial charge in [0.1, 0.15) is 5.69 Å². The van der Waals surface area contributed by atoms with E-state index in [9.17, 15) is 9.59 Å². The summed E-state index contributed by atoms with van der Waals surface area (Å²) in [4.78, 5) is 30.3. The van der Waals surface area contributed by atoms with Crippen molar-refractivity contribution in [3.8, 4) is 0 Å². The maximum atomic E-state index is 12.3. The Kier molecular flexibility index (Phi) is 6.51. The van der Waals surface area contributed by atoms with Crippen molar-refractivity contribution in [2.45, 2.75) is 26.2 Å². The summed E-state index contributed by atoms with van der Waals surface area (Å²) in [6.45, 7) is 2.83. The fourth-order valence-electron chi connectivity index (χ4n) is 2.37. The minimum absolute atomic E-state index is 0.0946. The molecular weight excluding hydrogens is 316 g/mol. The van der Waals surface area contributed by atoms with Gasteiger partial charge in [0.15, 0.2) is 0 Å². The summed E-state index contributed by atoms with van der Waals surface area (Å²) in [5, 5.41) is 2.71. The van der Waals surface area contributed by atoms with Crippen LogP contribution in [0.25, 0.3) is 0 Å². The van der Waals surface area contributed by atoms with Crippen molar-refractivity contribution >= 4 is 23.2 Å². The van der Waals surface area contributed by atoms with Crippen molar-refractivity contribution in [1.29, 1.82) is 0 Å². The van der Waals surface area contributed by atoms with Gasteiger partial charge in [-0.3, -0.25) is 14.6 Å². The molecule has 0 unspecified atom stereocenters. The first-order valence-electron chi connectivity index (χ1n) is 8.40. The van der Waals surface area contributed by atoms with Crippen LogP contribution in [0.15, 0.2) is 42.6 Å². The number of carbonyl (C=O) groups excluding carboxylic acids is 2. The van der Waals surface area contributed by atoms with Crippen molar-refractivity contribution in [2.24, 2.45) is 0 Å². The summed E-state index contributed by atoms with van der Waals surface area (Å²) in [6.07, 6.45) is 4.62. The number of nitrogens with one attached hydrogen (secondary N) is 1. The van der Waals surface area contributed by atoms with Crippen molar-refractivity contribution in [3.63, 3.8) is 0 Å². The fraction of sp³-hybridized carbons (Fsp3) is 0.316. The number of hydrogen-bond donors (Lipinski definition) is 2. The molecule has 0 aliphatic heterocycles. The lowest BCUT2D eigenvalue weighted by Gasteiger charge is -2.16. The molecule has 1 heterocycles. The van der Waals surface area contributed by atoms with E-state index in [4.69, 9.17) is 5.73 Å². The second kappa shape index (κ2) is 8.82. The Morgan fingerprint density at radius 3 is 2.56 bits per heavy atom. The summed E-state index contributed by atoms with van der Waals surface area (Å²) in [7, 11) is 1.77. The fourth-order valence-corrected chi connectivity index (χ4v) is 2.37. The van der Waals surface area contributed by atoms with Gasteiger partial charge in [0.2, 0.25) is 0 Å². The molecule has 2 aromatic rings. The Morgan fingerprint density at radius 2 is 1.92 bits per heavy atom. The second-order valence-electron chi connectivity index (χ2n) is 5.91. The number of nitrogens with zero attached hydrogens (tertiary/aromatic N) is 2. The average molecular weight is 340 g/mol. The van der Waals surface area contributed by atoms with Crippen LogP contribution in [-0.2, 0) is 0 Å². The quantitative estimate of drug-likeness (QED) is 0.598. The van der Waals surface area contributed by atoms with Crippen LogP contribution in [-0.4, -0.2) is 35.3 Å². The Morgan fingerprint density at radius 1 is 1.16 bits per heavy atom. The standard InChI is InChI=1S/C19H24N4O2/c1-3-4-7-12-23(2)19(25)14-10-11-17(21-13-14)18(24)22-16-9-6-5-8-15(16)20/h5-6,8-11,13H,3-4,7,12,20H2,1-2H3,(H,22,24). The highest BCUT2D eigenvalue weighted by Crippen LogP contribution is 2.17. The molecule has 2 amide bonds. The molecule has 0 saturated carbocycles. The van der Waals surface area contributed by atoms with Crippen molar-refractivity contribution < 1.29 is 9.59 Å². The van der Waals surface area contributed by atoms with Crippen LogP contribution in [0, 0.1) is 0 Å². The molecule has 2 rings (SSSR count). The van der Waals surface area contributed by atoms with Crippen molar-refractivity contribution in [1.82, 2.24) is 9.88 Å². The number of para-hydroxylation sites is 2. The molecule has 25 heavy (non-hydrogen) atoms. The van der Waals surface area contributed by atoms with Gasteiger partial charge < -0.3 is 16.0 Å². The summed E-state index contributed by atoms with van der Waals surface area (Å²) in [5.74, 6) is -0.462. The van der Waals surface area contributed by atoms with Gasteiger partial charge in [-0.25, -0.2) is 0 Å². The molecule has 0 bridgehead atoms. The largest absolute Gasteiger partial charge is 0.397 e. The minimum Gasteiger partial charge on any atom is -0.397 e. The predicted octanol–water partition coefficient (Wildman–Crippen LogP) is 3.18. The maximum Gasteiger partial charge on any atom is 0.274 e. The zero-order valence-electron chi connectivity index (χ0n) is 14.7. The molecule has 1 aromatic heterocycles. The van der Waals surface area contributed by atoms with Gasteiger partial charge in [-0.05, 0) is 30.7 Å². The maximum absolute atomic E-state index is 12.3. The smallest absolute Gasteiger partial charge is 0.274 e. The van der Waals surface area contributed by atoms with Gasteiger partial charge >= 0.3 is 0 Å². The lowest BCUT2D eigenvalue weighted by Crippen LogP contribution is -2.28. The van der Waals surface area contributed by atoms with Gasteiger partial charge in [-0.2, -0.15) is 0 Å². The Bertz CT molecular complexity index is 728. The van der Waals surface area contributed by atoms with E-state index in [1.165, 1.54) is 6.20 Å². The molecule has 0 fully saturated rings. The Balaban J connectivity index is 2.00.